The minimum atomic E-state index is -2.75. The van der Waals surface area contributed by atoms with E-state index in [-0.39, 0.29) is 134 Å². The van der Waals surface area contributed by atoms with E-state index < -0.39 is 41.8 Å². The second kappa shape index (κ2) is 25.0. The molecule has 1 fully saturated rings. The van der Waals surface area contributed by atoms with Crippen molar-refractivity contribution < 1.29 is 107 Å². The summed E-state index contributed by atoms with van der Waals surface area (Å²) in [6.07, 6.45) is -0.788. The number of aliphatic hydroxyl groups is 1. The first kappa shape index (κ1) is 49.7. The molecule has 0 spiro atoms. The Hall–Kier alpha value is -1.18. The van der Waals surface area contributed by atoms with Crippen LogP contribution in [-0.4, -0.2) is 76.3 Å². The minimum Gasteiger partial charge on any atom is -0.461 e. The van der Waals surface area contributed by atoms with Crippen LogP contribution in [0.1, 0.15) is 95.4 Å². The summed E-state index contributed by atoms with van der Waals surface area (Å²) in [6, 6.07) is 0. The maximum absolute atomic E-state index is 13.2. The fourth-order valence-electron chi connectivity index (χ4n) is 3.10. The molecule has 0 unspecified atom stereocenters. The summed E-state index contributed by atoms with van der Waals surface area (Å²) in [4.78, 5) is 42.7. The first-order valence-corrected chi connectivity index (χ1v) is 13.3. The number of nitrogens with one attached hydrogen (secondary N) is 1. The van der Waals surface area contributed by atoms with E-state index in [0.29, 0.717) is 11.3 Å². The van der Waals surface area contributed by atoms with Crippen LogP contribution in [0, 0.1) is 0 Å². The summed E-state index contributed by atoms with van der Waals surface area (Å²) in [5.41, 5.74) is 0.417. The van der Waals surface area contributed by atoms with Crippen LogP contribution in [0.4, 0.5) is 17.6 Å². The Labute approximate surface area is 303 Å². The molecule has 1 saturated carbocycles. The Morgan fingerprint density at radius 3 is 1.61 bits per heavy atom. The van der Waals surface area contributed by atoms with Crippen molar-refractivity contribution in [3.63, 3.8) is 0 Å². The van der Waals surface area contributed by atoms with Gasteiger partial charge in [0.25, 0.3) is 5.92 Å². The number of aromatic nitrogens is 2. The third-order valence-electron chi connectivity index (χ3n) is 4.85. The second-order valence-corrected chi connectivity index (χ2v) is 9.79. The zero-order valence-electron chi connectivity index (χ0n) is 26.4. The van der Waals surface area contributed by atoms with Gasteiger partial charge in [0, 0.05) is 49.8 Å². The van der Waals surface area contributed by atoms with Gasteiger partial charge in [-0.3, -0.25) is 21.6 Å². The predicted molar refractivity (Wildman–Crippen MR) is 151 cm³/mol. The van der Waals surface area contributed by atoms with E-state index in [1.165, 1.54) is 0 Å². The molecule has 0 radical (unpaired) electrons. The van der Waals surface area contributed by atoms with Crippen LogP contribution in [0.15, 0.2) is 0 Å². The summed E-state index contributed by atoms with van der Waals surface area (Å²) in [5.74, 6) is 0.166. The van der Waals surface area contributed by atoms with Crippen molar-refractivity contribution in [2.24, 2.45) is 11.7 Å². The van der Waals surface area contributed by atoms with Crippen molar-refractivity contribution >= 4 is 36.1 Å². The Bertz CT molecular complexity index is 962. The molecule has 18 heteroatoms. The average molecular weight is 692 g/mol. The van der Waals surface area contributed by atoms with Gasteiger partial charge < -0.3 is 19.3 Å². The first-order valence-electron chi connectivity index (χ1n) is 13.3. The van der Waals surface area contributed by atoms with Gasteiger partial charge in [0.1, 0.15) is 5.78 Å². The molecule has 6 N–H and O–H groups in total. The molecule has 12 nitrogen and oxygen atoms in total. The standard InChI is InChI=1S/C10H12F2N2O2.C6H8F2O.C6H10O4.C4H10O.ClH.K.H4N2/c1-2-16-9(15)8-6-5-10(11,12)4-3-7(6)13-14-8;7-6(8)3-1-5(9)2-4-6;1-3-9-5(7)6(8)10-4-2;1-4(2,3)5;;;1-2/h2-5H2,1H3,(H,13,14);1-4H2;3-4H2,1-2H3;5H,1-3H3;1H;;1-2H2/q;;;;;+1;. The molecule has 0 amide bonds. The van der Waals surface area contributed by atoms with Crippen LogP contribution >= 0.6 is 12.4 Å². The summed E-state index contributed by atoms with van der Waals surface area (Å²) in [6.45, 7) is 10.7. The number of nitrogens with two attached hydrogens (primary N) is 2. The second-order valence-electron chi connectivity index (χ2n) is 9.79. The number of hydrogen-bond acceptors (Lipinski definition) is 11. The molecule has 1 aromatic heterocycles. The number of ether oxygens (including phenoxy) is 3. The number of ketones is 1. The molecule has 0 aromatic carbocycles. The molecule has 1 aromatic rings. The Balaban J connectivity index is -0.000000251. The number of halogens is 5. The Morgan fingerprint density at radius 1 is 0.864 bits per heavy atom. The molecule has 0 saturated heterocycles. The molecule has 44 heavy (non-hydrogen) atoms. The van der Waals surface area contributed by atoms with E-state index >= 15 is 0 Å². The summed E-state index contributed by atoms with van der Waals surface area (Å²) in [7, 11) is 0. The number of alkyl halides is 4. The smallest absolute Gasteiger partial charge is 0.461 e. The Kier molecular flexibility index (Phi) is 28.2. The largest absolute Gasteiger partial charge is 1.00 e. The maximum Gasteiger partial charge on any atom is 1.00 e. The Morgan fingerprint density at radius 2 is 1.25 bits per heavy atom. The number of aryl methyl sites for hydroxylation is 1. The number of esters is 3. The van der Waals surface area contributed by atoms with E-state index in [1.807, 2.05) is 0 Å². The SMILES string of the molecule is CC(C)(C)O.CCOC(=O)C(=O)OCC.CCOC(=O)c1n[nH]c2c1CC(F)(F)CC2.Cl.NN.O=C1CCC(F)(F)CC1.[K+]. The van der Waals surface area contributed by atoms with Crippen molar-refractivity contribution in [2.75, 3.05) is 19.8 Å². The third-order valence-corrected chi connectivity index (χ3v) is 4.85. The molecule has 3 rings (SSSR count). The summed E-state index contributed by atoms with van der Waals surface area (Å²) in [5, 5.41) is 14.9. The number of hydrogen-bond donors (Lipinski definition) is 4. The predicted octanol–water partition coefficient (Wildman–Crippen LogP) is 0.610. The van der Waals surface area contributed by atoms with Gasteiger partial charge in [-0.2, -0.15) is 5.10 Å². The monoisotopic (exact) mass is 691 g/mol. The number of carbonyl (C=O) groups is 4. The molecule has 2 aliphatic rings. The van der Waals surface area contributed by atoms with Gasteiger partial charge in [0.05, 0.1) is 25.4 Å². The quantitative estimate of drug-likeness (QED) is 0.0657. The van der Waals surface area contributed by atoms with Gasteiger partial charge in [0.15, 0.2) is 5.69 Å². The zero-order valence-corrected chi connectivity index (χ0v) is 30.3. The average Bonchev–Trinajstić information content (AvgIpc) is 3.29. The van der Waals surface area contributed by atoms with Crippen LogP contribution in [0.25, 0.3) is 0 Å². The zero-order chi connectivity index (χ0) is 33.1. The maximum atomic E-state index is 13.2. The van der Waals surface area contributed by atoms with Crippen LogP contribution in [0.3, 0.4) is 0 Å². The molecule has 0 atom stereocenters. The van der Waals surface area contributed by atoms with Crippen molar-refractivity contribution in [2.45, 2.75) is 104 Å². The van der Waals surface area contributed by atoms with Crippen LogP contribution < -0.4 is 63.1 Å². The van der Waals surface area contributed by atoms with Gasteiger partial charge in [-0.25, -0.2) is 31.9 Å². The molecular weight excluding hydrogens is 647 g/mol. The molecule has 0 aliphatic heterocycles. The van der Waals surface area contributed by atoms with Crippen molar-refractivity contribution in [1.82, 2.24) is 10.2 Å². The molecule has 2 aliphatic carbocycles. The van der Waals surface area contributed by atoms with E-state index in [1.54, 1.807) is 41.5 Å². The van der Waals surface area contributed by atoms with Crippen LogP contribution in [0.5, 0.6) is 0 Å². The van der Waals surface area contributed by atoms with Gasteiger partial charge in [0.2, 0.25) is 5.92 Å². The number of rotatable bonds is 4. The van der Waals surface area contributed by atoms with Crippen LogP contribution in [0.2, 0.25) is 0 Å². The van der Waals surface area contributed by atoms with Crippen molar-refractivity contribution in [3.05, 3.63) is 17.0 Å². The molecule has 0 bridgehead atoms. The minimum absolute atomic E-state index is 0. The van der Waals surface area contributed by atoms with E-state index in [9.17, 15) is 36.7 Å². The number of hydrazine groups is 1. The number of carbonyl (C=O) groups excluding carboxylic acids is 4. The first-order chi connectivity index (χ1) is 19.4. The van der Waals surface area contributed by atoms with Gasteiger partial charge >= 0.3 is 69.3 Å². The summed E-state index contributed by atoms with van der Waals surface area (Å²) < 4.78 is 64.3. The molecule has 1 heterocycles. The van der Waals surface area contributed by atoms with Gasteiger partial charge in [-0.1, -0.05) is 0 Å². The number of fused-ring (bicyclic) bond motifs is 1. The topological polar surface area (TPSA) is 197 Å². The van der Waals surface area contributed by atoms with Crippen molar-refractivity contribution in [1.29, 1.82) is 0 Å². The molecular formula is C26H45ClF4KN4O8+. The van der Waals surface area contributed by atoms with Crippen LogP contribution in [-0.2, 0) is 41.4 Å². The van der Waals surface area contributed by atoms with Gasteiger partial charge in [-0.15, -0.1) is 12.4 Å². The summed E-state index contributed by atoms with van der Waals surface area (Å²) >= 11 is 0. The third kappa shape index (κ3) is 24.1. The fraction of sp³-hybridized carbons (Fsp3) is 0.731. The fourth-order valence-corrected chi connectivity index (χ4v) is 3.10. The number of nitrogens with zero attached hydrogens (tertiary/aromatic N) is 1. The van der Waals surface area contributed by atoms with Crippen molar-refractivity contribution in [3.8, 4) is 0 Å². The normalized spacial score (nSPS) is 15.3. The number of aromatic amines is 1. The number of Topliss-reactive ketones (excluding diaryl/α,β-unsaturated/α-hetero) is 1. The number of H-pyrrole nitrogens is 1. The van der Waals surface area contributed by atoms with E-state index in [2.05, 4.69) is 31.4 Å². The van der Waals surface area contributed by atoms with Gasteiger partial charge in [-0.05, 0) is 48.0 Å². The van der Waals surface area contributed by atoms with E-state index in [4.69, 9.17) is 9.84 Å². The van der Waals surface area contributed by atoms with E-state index in [0.717, 1.165) is 0 Å². The molecule has 252 valence electrons.